The number of hydrogen-bond donors (Lipinski definition) is 1. The van der Waals surface area contributed by atoms with E-state index in [1.807, 2.05) is 0 Å². The molecule has 146 valence electrons. The van der Waals surface area contributed by atoms with E-state index in [9.17, 15) is 18.0 Å². The van der Waals surface area contributed by atoms with Gasteiger partial charge in [0.05, 0.1) is 29.2 Å². The minimum atomic E-state index is -4.51. The first kappa shape index (κ1) is 19.7. The summed E-state index contributed by atoms with van der Waals surface area (Å²) >= 11 is 6.18. The fourth-order valence-corrected chi connectivity index (χ4v) is 3.42. The highest BCUT2D eigenvalue weighted by atomic mass is 35.5. The molecule has 1 aromatic carbocycles. The number of alkyl halides is 3. The molecule has 2 atom stereocenters. The molecule has 1 aliphatic rings. The van der Waals surface area contributed by atoms with Crippen LogP contribution in [0.1, 0.15) is 31.2 Å². The number of aromatic nitrogens is 2. The molecule has 27 heavy (non-hydrogen) atoms. The van der Waals surface area contributed by atoms with Crippen LogP contribution in [-0.4, -0.2) is 29.0 Å². The average Bonchev–Trinajstić information content (AvgIpc) is 2.65. The molecule has 0 radical (unpaired) electrons. The monoisotopic (exact) mass is 401 g/mol. The number of hydrogen-bond acceptors (Lipinski definition) is 4. The van der Waals surface area contributed by atoms with E-state index >= 15 is 0 Å². The molecule has 1 fully saturated rings. The molecule has 9 heteroatoms. The fourth-order valence-electron chi connectivity index (χ4n) is 3.24. The van der Waals surface area contributed by atoms with Crippen molar-refractivity contribution >= 4 is 17.3 Å². The maximum Gasteiger partial charge on any atom is 0.416 e. The van der Waals surface area contributed by atoms with Crippen molar-refractivity contribution in [2.75, 3.05) is 12.4 Å². The molecular weight excluding hydrogens is 383 g/mol. The van der Waals surface area contributed by atoms with Gasteiger partial charge in [0, 0.05) is 13.2 Å². The molecule has 1 aliphatic carbocycles. The van der Waals surface area contributed by atoms with Crippen LogP contribution in [-0.2, 0) is 10.9 Å². The summed E-state index contributed by atoms with van der Waals surface area (Å²) in [5.41, 5.74) is -1.17. The second-order valence-electron chi connectivity index (χ2n) is 6.50. The average molecular weight is 402 g/mol. The van der Waals surface area contributed by atoms with Crippen molar-refractivity contribution in [3.05, 3.63) is 51.4 Å². The van der Waals surface area contributed by atoms with Crippen LogP contribution in [0.2, 0.25) is 5.02 Å². The molecule has 0 amide bonds. The molecule has 2 unspecified atom stereocenters. The first-order chi connectivity index (χ1) is 12.8. The second-order valence-corrected chi connectivity index (χ2v) is 6.88. The molecule has 1 saturated carbocycles. The topological polar surface area (TPSA) is 56.1 Å². The smallest absolute Gasteiger partial charge is 0.381 e. The third-order valence-electron chi connectivity index (χ3n) is 4.66. The van der Waals surface area contributed by atoms with E-state index in [0.717, 1.165) is 42.5 Å². The van der Waals surface area contributed by atoms with Crippen LogP contribution in [0.25, 0.3) is 5.69 Å². The van der Waals surface area contributed by atoms with Gasteiger partial charge >= 0.3 is 6.18 Å². The highest BCUT2D eigenvalue weighted by Gasteiger charge is 2.31. The van der Waals surface area contributed by atoms with Gasteiger partial charge in [-0.15, -0.1) is 0 Å². The number of nitrogens with one attached hydrogen (secondary N) is 1. The third kappa shape index (κ3) is 4.44. The van der Waals surface area contributed by atoms with Gasteiger partial charge in [0.1, 0.15) is 5.02 Å². The largest absolute Gasteiger partial charge is 0.416 e. The predicted molar refractivity (Wildman–Crippen MR) is 96.5 cm³/mol. The Kier molecular flexibility index (Phi) is 5.76. The Labute approximate surface area is 159 Å². The summed E-state index contributed by atoms with van der Waals surface area (Å²) in [7, 11) is 1.66. The number of rotatable bonds is 4. The van der Waals surface area contributed by atoms with Gasteiger partial charge in [-0.05, 0) is 43.9 Å². The number of halogens is 4. The number of methoxy groups -OCH3 is 1. The molecule has 0 spiro atoms. The summed E-state index contributed by atoms with van der Waals surface area (Å²) in [5, 5.41) is 7.09. The van der Waals surface area contributed by atoms with Crippen molar-refractivity contribution < 1.29 is 17.9 Å². The van der Waals surface area contributed by atoms with Crippen molar-refractivity contribution in [1.82, 2.24) is 9.78 Å². The van der Waals surface area contributed by atoms with Crippen LogP contribution < -0.4 is 10.9 Å². The van der Waals surface area contributed by atoms with Gasteiger partial charge < -0.3 is 10.1 Å². The van der Waals surface area contributed by atoms with E-state index in [1.54, 1.807) is 7.11 Å². The zero-order chi connectivity index (χ0) is 19.6. The van der Waals surface area contributed by atoms with Gasteiger partial charge in [-0.25, -0.2) is 0 Å². The van der Waals surface area contributed by atoms with Gasteiger partial charge in [-0.3, -0.25) is 4.79 Å². The molecule has 5 nitrogen and oxygen atoms in total. The Balaban J connectivity index is 1.87. The summed E-state index contributed by atoms with van der Waals surface area (Å²) in [6, 6.07) is 4.48. The molecule has 0 bridgehead atoms. The lowest BCUT2D eigenvalue weighted by Gasteiger charge is -2.29. The molecule has 1 aromatic heterocycles. The highest BCUT2D eigenvalue weighted by molar-refractivity contribution is 6.32. The van der Waals surface area contributed by atoms with E-state index in [-0.39, 0.29) is 22.9 Å². The normalized spacial score (nSPS) is 20.5. The van der Waals surface area contributed by atoms with E-state index in [4.69, 9.17) is 16.3 Å². The zero-order valence-corrected chi connectivity index (χ0v) is 15.3. The molecular formula is C18H19ClF3N3O2. The second kappa shape index (κ2) is 7.90. The summed E-state index contributed by atoms with van der Waals surface area (Å²) in [5.74, 6) is 0. The summed E-state index contributed by atoms with van der Waals surface area (Å²) in [6.07, 6.45) is 0.662. The van der Waals surface area contributed by atoms with Crippen LogP contribution in [0.15, 0.2) is 35.3 Å². The zero-order valence-electron chi connectivity index (χ0n) is 14.6. The Morgan fingerprint density at radius 2 is 2.11 bits per heavy atom. The predicted octanol–water partition coefficient (Wildman–Crippen LogP) is 4.27. The maximum absolute atomic E-state index is 12.9. The van der Waals surface area contributed by atoms with Crippen LogP contribution in [0, 0.1) is 0 Å². The van der Waals surface area contributed by atoms with Crippen molar-refractivity contribution in [3.8, 4) is 5.69 Å². The first-order valence-electron chi connectivity index (χ1n) is 8.54. The Morgan fingerprint density at radius 3 is 2.81 bits per heavy atom. The third-order valence-corrected chi connectivity index (χ3v) is 5.02. The SMILES string of the molecule is COC1CCCC(Nc2cnn(-c3cccc(C(F)(F)F)c3)c(=O)c2Cl)C1. The maximum atomic E-state index is 12.9. The van der Waals surface area contributed by atoms with Gasteiger partial charge in [0.25, 0.3) is 5.56 Å². The molecule has 0 aliphatic heterocycles. The van der Waals surface area contributed by atoms with Crippen molar-refractivity contribution in [2.24, 2.45) is 0 Å². The minimum Gasteiger partial charge on any atom is -0.381 e. The first-order valence-corrected chi connectivity index (χ1v) is 8.92. The van der Waals surface area contributed by atoms with E-state index in [2.05, 4.69) is 10.4 Å². The number of benzene rings is 1. The van der Waals surface area contributed by atoms with Gasteiger partial charge in [-0.2, -0.15) is 23.0 Å². The van der Waals surface area contributed by atoms with E-state index < -0.39 is 17.3 Å². The van der Waals surface area contributed by atoms with Crippen molar-refractivity contribution in [2.45, 2.75) is 44.0 Å². The summed E-state index contributed by atoms with van der Waals surface area (Å²) in [4.78, 5) is 12.5. The lowest BCUT2D eigenvalue weighted by Crippen LogP contribution is -2.32. The quantitative estimate of drug-likeness (QED) is 0.831. The molecule has 1 N–H and O–H groups in total. The number of anilines is 1. The fraction of sp³-hybridized carbons (Fsp3) is 0.444. The van der Waals surface area contributed by atoms with Crippen molar-refractivity contribution in [3.63, 3.8) is 0 Å². The van der Waals surface area contributed by atoms with Crippen LogP contribution in [0.3, 0.4) is 0 Å². The molecule has 3 rings (SSSR count). The molecule has 2 aromatic rings. The lowest BCUT2D eigenvalue weighted by atomic mass is 9.93. The van der Waals surface area contributed by atoms with Gasteiger partial charge in [0.2, 0.25) is 0 Å². The standard InChI is InChI=1S/C18H19ClF3N3O2/c1-27-14-7-3-5-12(9-14)24-15-10-23-25(17(26)16(15)19)13-6-2-4-11(8-13)18(20,21)22/h2,4,6,8,10,12,14,24H,3,5,7,9H2,1H3. The van der Waals surface area contributed by atoms with Crippen LogP contribution in [0.5, 0.6) is 0 Å². The number of nitrogens with zero attached hydrogens (tertiary/aromatic N) is 2. The lowest BCUT2D eigenvalue weighted by molar-refractivity contribution is -0.137. The Bertz CT molecular complexity index is 870. The summed E-state index contributed by atoms with van der Waals surface area (Å²) < 4.78 is 44.9. The molecule has 1 heterocycles. The van der Waals surface area contributed by atoms with E-state index in [1.165, 1.54) is 18.3 Å². The van der Waals surface area contributed by atoms with Crippen LogP contribution >= 0.6 is 11.6 Å². The van der Waals surface area contributed by atoms with Crippen molar-refractivity contribution in [1.29, 1.82) is 0 Å². The highest BCUT2D eigenvalue weighted by Crippen LogP contribution is 2.30. The Morgan fingerprint density at radius 1 is 1.33 bits per heavy atom. The van der Waals surface area contributed by atoms with Crippen LogP contribution in [0.4, 0.5) is 18.9 Å². The van der Waals surface area contributed by atoms with Gasteiger partial charge in [0.15, 0.2) is 0 Å². The number of ether oxygens (including phenoxy) is 1. The van der Waals surface area contributed by atoms with Gasteiger partial charge in [-0.1, -0.05) is 17.7 Å². The minimum absolute atomic E-state index is 0.000360. The van der Waals surface area contributed by atoms with E-state index in [0.29, 0.717) is 5.69 Å². The summed E-state index contributed by atoms with van der Waals surface area (Å²) in [6.45, 7) is 0. The Hall–Kier alpha value is -2.06. The molecule has 0 saturated heterocycles.